The van der Waals surface area contributed by atoms with Gasteiger partial charge in [0.05, 0.1) is 7.11 Å². The number of ether oxygens (including phenoxy) is 1. The van der Waals surface area contributed by atoms with E-state index >= 15 is 0 Å². The molecule has 110 valence electrons. The quantitative estimate of drug-likeness (QED) is 0.335. The van der Waals surface area contributed by atoms with Crippen molar-refractivity contribution in [1.29, 1.82) is 5.26 Å². The summed E-state index contributed by atoms with van der Waals surface area (Å²) >= 11 is 1.35. The van der Waals surface area contributed by atoms with E-state index in [0.717, 1.165) is 21.9 Å². The number of furan rings is 1. The van der Waals surface area contributed by atoms with Crippen LogP contribution < -0.4 is 10.1 Å². The van der Waals surface area contributed by atoms with Crippen molar-refractivity contribution in [3.63, 3.8) is 0 Å². The van der Waals surface area contributed by atoms with Crippen LogP contribution in [0.2, 0.25) is 0 Å². The second-order valence-corrected chi connectivity index (χ2v) is 5.27. The monoisotopic (exact) mass is 311 g/mol. The van der Waals surface area contributed by atoms with Crippen LogP contribution in [0.5, 0.6) is 5.75 Å². The Hall–Kier alpha value is -2.65. The van der Waals surface area contributed by atoms with E-state index in [2.05, 4.69) is 10.3 Å². The van der Waals surface area contributed by atoms with Gasteiger partial charge in [0.15, 0.2) is 11.4 Å². The van der Waals surface area contributed by atoms with Gasteiger partial charge in [0.25, 0.3) is 0 Å². The smallest absolute Gasteiger partial charge is 0.183 e. The minimum Gasteiger partial charge on any atom is -0.494 e. The van der Waals surface area contributed by atoms with E-state index in [1.165, 1.54) is 11.8 Å². The number of fused-ring (bicyclic) bond motifs is 3. The maximum atomic E-state index is 8.73. The molecular formula is C16H13N3O2S. The van der Waals surface area contributed by atoms with Crippen molar-refractivity contribution in [3.05, 3.63) is 36.4 Å². The van der Waals surface area contributed by atoms with Crippen LogP contribution >= 0.6 is 11.8 Å². The summed E-state index contributed by atoms with van der Waals surface area (Å²) in [4.78, 5) is 4.42. The molecule has 0 aliphatic rings. The molecular weight excluding hydrogens is 298 g/mol. The van der Waals surface area contributed by atoms with Crippen LogP contribution in [0.25, 0.3) is 21.9 Å². The minimum absolute atomic E-state index is 0.497. The first-order valence-corrected chi connectivity index (χ1v) is 7.76. The van der Waals surface area contributed by atoms with Gasteiger partial charge in [-0.2, -0.15) is 5.26 Å². The molecule has 22 heavy (non-hydrogen) atoms. The van der Waals surface area contributed by atoms with Crippen molar-refractivity contribution in [2.45, 2.75) is 0 Å². The Bertz CT molecular complexity index is 909. The Morgan fingerprint density at radius 2 is 2.09 bits per heavy atom. The zero-order valence-corrected chi connectivity index (χ0v) is 12.9. The molecule has 0 atom stereocenters. The third-order valence-electron chi connectivity index (χ3n) is 3.26. The molecule has 6 heteroatoms. The SMILES string of the molecule is COc1cc2c(cc1N=C(NC#N)SC)oc1ccccc12. The molecule has 0 amide bonds. The summed E-state index contributed by atoms with van der Waals surface area (Å²) < 4.78 is 11.3. The van der Waals surface area contributed by atoms with Crippen LogP contribution in [0.4, 0.5) is 5.69 Å². The lowest BCUT2D eigenvalue weighted by Gasteiger charge is -2.06. The largest absolute Gasteiger partial charge is 0.494 e. The zero-order valence-electron chi connectivity index (χ0n) is 12.1. The Balaban J connectivity index is 2.22. The van der Waals surface area contributed by atoms with Gasteiger partial charge < -0.3 is 9.15 Å². The van der Waals surface area contributed by atoms with Crippen LogP contribution in [0.1, 0.15) is 0 Å². The Morgan fingerprint density at radius 3 is 2.82 bits per heavy atom. The molecule has 0 spiro atoms. The molecule has 1 heterocycles. The highest BCUT2D eigenvalue weighted by Crippen LogP contribution is 2.37. The van der Waals surface area contributed by atoms with Crippen molar-refractivity contribution in [2.24, 2.45) is 4.99 Å². The highest BCUT2D eigenvalue weighted by Gasteiger charge is 2.12. The van der Waals surface area contributed by atoms with E-state index in [4.69, 9.17) is 14.4 Å². The number of thioether (sulfide) groups is 1. The Labute approximate surface area is 131 Å². The van der Waals surface area contributed by atoms with E-state index in [9.17, 15) is 0 Å². The Morgan fingerprint density at radius 1 is 1.27 bits per heavy atom. The molecule has 5 nitrogen and oxygen atoms in total. The van der Waals surface area contributed by atoms with Crippen molar-refractivity contribution < 1.29 is 9.15 Å². The van der Waals surface area contributed by atoms with Crippen LogP contribution in [-0.4, -0.2) is 18.5 Å². The molecule has 0 aliphatic heterocycles. The summed E-state index contributed by atoms with van der Waals surface area (Å²) in [7, 11) is 1.60. The van der Waals surface area contributed by atoms with Crippen molar-refractivity contribution in [2.75, 3.05) is 13.4 Å². The molecule has 3 aromatic rings. The minimum atomic E-state index is 0.497. The van der Waals surface area contributed by atoms with Gasteiger partial charge in [-0.25, -0.2) is 4.99 Å². The molecule has 0 bridgehead atoms. The van der Waals surface area contributed by atoms with Gasteiger partial charge in [-0.05, 0) is 18.4 Å². The fourth-order valence-corrected chi connectivity index (χ4v) is 2.61. The van der Waals surface area contributed by atoms with Gasteiger partial charge in [0.2, 0.25) is 0 Å². The maximum Gasteiger partial charge on any atom is 0.183 e. The van der Waals surface area contributed by atoms with Crippen LogP contribution in [0.3, 0.4) is 0 Å². The van der Waals surface area contributed by atoms with E-state index in [1.54, 1.807) is 7.11 Å². The Kier molecular flexibility index (Phi) is 3.90. The molecule has 0 aliphatic carbocycles. The second-order valence-electron chi connectivity index (χ2n) is 4.48. The fourth-order valence-electron chi connectivity index (χ4n) is 2.27. The number of nitriles is 1. The van der Waals surface area contributed by atoms with E-state index in [1.807, 2.05) is 48.8 Å². The van der Waals surface area contributed by atoms with Crippen LogP contribution in [0, 0.1) is 11.5 Å². The molecule has 1 aromatic heterocycles. The average molecular weight is 311 g/mol. The third kappa shape index (κ3) is 2.47. The van der Waals surface area contributed by atoms with Gasteiger partial charge in [-0.3, -0.25) is 5.32 Å². The number of methoxy groups -OCH3 is 1. The molecule has 3 rings (SSSR count). The number of amidine groups is 1. The molecule has 0 saturated carbocycles. The van der Waals surface area contributed by atoms with Crippen molar-refractivity contribution in [1.82, 2.24) is 5.32 Å². The second kappa shape index (κ2) is 6.00. The topological polar surface area (TPSA) is 70.5 Å². The first-order chi connectivity index (χ1) is 10.8. The number of hydrogen-bond acceptors (Lipinski definition) is 5. The standard InChI is InChI=1S/C16H13N3O2S/c1-20-15-7-11-10-5-3-4-6-13(10)21-14(11)8-12(15)19-16(22-2)18-9-17/h3-8H,1-2H3,(H,18,19). The highest BCUT2D eigenvalue weighted by atomic mass is 32.2. The van der Waals surface area contributed by atoms with E-state index in [-0.39, 0.29) is 0 Å². The number of rotatable bonds is 2. The molecule has 1 N–H and O–H groups in total. The van der Waals surface area contributed by atoms with E-state index < -0.39 is 0 Å². The number of nitrogens with one attached hydrogen (secondary N) is 1. The van der Waals surface area contributed by atoms with Crippen molar-refractivity contribution in [3.8, 4) is 11.9 Å². The summed E-state index contributed by atoms with van der Waals surface area (Å²) in [5, 5.41) is 13.8. The van der Waals surface area contributed by atoms with Crippen LogP contribution in [0.15, 0.2) is 45.8 Å². The van der Waals surface area contributed by atoms with Gasteiger partial charge in [0, 0.05) is 16.8 Å². The number of para-hydroxylation sites is 1. The summed E-state index contributed by atoms with van der Waals surface area (Å²) in [6.07, 6.45) is 3.71. The molecule has 0 fully saturated rings. The van der Waals surface area contributed by atoms with Gasteiger partial charge in [0.1, 0.15) is 22.6 Å². The molecule has 0 saturated heterocycles. The molecule has 0 unspecified atom stereocenters. The predicted molar refractivity (Wildman–Crippen MR) is 89.6 cm³/mol. The number of benzene rings is 2. The number of aliphatic imine (C=N–C) groups is 1. The van der Waals surface area contributed by atoms with Crippen molar-refractivity contribution >= 4 is 44.6 Å². The summed E-state index contributed by atoms with van der Waals surface area (Å²) in [5.41, 5.74) is 2.17. The fraction of sp³-hybridized carbons (Fsp3) is 0.125. The zero-order chi connectivity index (χ0) is 15.5. The lowest BCUT2D eigenvalue weighted by molar-refractivity contribution is 0.416. The maximum absolute atomic E-state index is 8.73. The summed E-state index contributed by atoms with van der Waals surface area (Å²) in [6, 6.07) is 11.6. The summed E-state index contributed by atoms with van der Waals surface area (Å²) in [6.45, 7) is 0. The molecule has 2 aromatic carbocycles. The first kappa shape index (κ1) is 14.3. The van der Waals surface area contributed by atoms with E-state index in [0.29, 0.717) is 16.6 Å². The summed E-state index contributed by atoms with van der Waals surface area (Å²) in [5.74, 6) is 0.630. The predicted octanol–water partition coefficient (Wildman–Crippen LogP) is 4.02. The number of nitrogens with zero attached hydrogens (tertiary/aromatic N) is 2. The average Bonchev–Trinajstić information content (AvgIpc) is 2.91. The van der Waals surface area contributed by atoms with Gasteiger partial charge >= 0.3 is 0 Å². The lowest BCUT2D eigenvalue weighted by Crippen LogP contribution is -2.12. The number of hydrogen-bond donors (Lipinski definition) is 1. The first-order valence-electron chi connectivity index (χ1n) is 6.54. The van der Waals surface area contributed by atoms with Gasteiger partial charge in [-0.15, -0.1) is 0 Å². The third-order valence-corrected chi connectivity index (χ3v) is 3.84. The van der Waals surface area contributed by atoms with Gasteiger partial charge in [-0.1, -0.05) is 30.0 Å². The molecule has 0 radical (unpaired) electrons. The lowest BCUT2D eigenvalue weighted by atomic mass is 10.1. The van der Waals surface area contributed by atoms with Crippen LogP contribution in [-0.2, 0) is 0 Å². The normalized spacial score (nSPS) is 11.6. The highest BCUT2D eigenvalue weighted by molar-refractivity contribution is 8.13.